The van der Waals surface area contributed by atoms with Crippen LogP contribution in [-0.4, -0.2) is 15.9 Å². The minimum absolute atomic E-state index is 0.215. The van der Waals surface area contributed by atoms with Crippen molar-refractivity contribution in [3.05, 3.63) is 88.8 Å². The number of hydrogen-bond donors (Lipinski definition) is 1. The highest BCUT2D eigenvalue weighted by atomic mass is 32.1. The smallest absolute Gasteiger partial charge is 0.256 e. The van der Waals surface area contributed by atoms with Crippen LogP contribution in [0.5, 0.6) is 0 Å². The molecule has 150 valence electrons. The summed E-state index contributed by atoms with van der Waals surface area (Å²) in [6.07, 6.45) is 2.47. The molecule has 0 saturated heterocycles. The number of nitrogens with zero attached hydrogens (tertiary/aromatic N) is 2. The number of anilines is 1. The number of aromatic nitrogens is 2. The summed E-state index contributed by atoms with van der Waals surface area (Å²) >= 11 is 1.60. The largest absolute Gasteiger partial charge is 0.307 e. The molecule has 0 unspecified atom stereocenters. The van der Waals surface area contributed by atoms with E-state index in [1.807, 2.05) is 36.4 Å². The van der Waals surface area contributed by atoms with Crippen molar-refractivity contribution >= 4 is 23.1 Å². The average Bonchev–Trinajstić information content (AvgIpc) is 3.21. The summed E-state index contributed by atoms with van der Waals surface area (Å²) < 4.78 is 13.8. The van der Waals surface area contributed by atoms with Gasteiger partial charge >= 0.3 is 0 Å². The summed E-state index contributed by atoms with van der Waals surface area (Å²) in [6.45, 7) is 3.80. The van der Waals surface area contributed by atoms with E-state index in [1.54, 1.807) is 42.7 Å². The zero-order valence-corrected chi connectivity index (χ0v) is 17.5. The number of pyridine rings is 1. The van der Waals surface area contributed by atoms with E-state index in [2.05, 4.69) is 17.2 Å². The number of carbonyl (C=O) groups is 1. The predicted octanol–water partition coefficient (Wildman–Crippen LogP) is 6.13. The Hall–Kier alpha value is -3.38. The maximum atomic E-state index is 13.8. The topological polar surface area (TPSA) is 54.9 Å². The van der Waals surface area contributed by atoms with Crippen LogP contribution in [0.2, 0.25) is 0 Å². The fourth-order valence-corrected chi connectivity index (χ4v) is 4.14. The molecule has 4 nitrogen and oxygen atoms in total. The van der Waals surface area contributed by atoms with E-state index >= 15 is 0 Å². The first-order valence-corrected chi connectivity index (χ1v) is 10.5. The van der Waals surface area contributed by atoms with Gasteiger partial charge in [-0.05, 0) is 66.9 Å². The van der Waals surface area contributed by atoms with Crippen LogP contribution in [0.3, 0.4) is 0 Å². The van der Waals surface area contributed by atoms with Gasteiger partial charge in [0.25, 0.3) is 5.91 Å². The van der Waals surface area contributed by atoms with E-state index in [0.29, 0.717) is 16.9 Å². The fourth-order valence-electron chi connectivity index (χ4n) is 3.12. The lowest BCUT2D eigenvalue weighted by Crippen LogP contribution is -2.12. The molecule has 2 heterocycles. The van der Waals surface area contributed by atoms with Gasteiger partial charge in [0.1, 0.15) is 11.6 Å². The molecule has 0 fully saturated rings. The maximum Gasteiger partial charge on any atom is 0.256 e. The molecule has 0 saturated carbocycles. The molecule has 0 bridgehead atoms. The number of hydrogen-bond acceptors (Lipinski definition) is 4. The Bertz CT molecular complexity index is 1200. The molecule has 0 radical (unpaired) electrons. The van der Waals surface area contributed by atoms with Gasteiger partial charge in [-0.1, -0.05) is 25.1 Å². The Morgan fingerprint density at radius 1 is 1.07 bits per heavy atom. The SMILES string of the molecule is CCc1nc(-c2ccc(F)c(C)c2)c(-c2ccnc(NC(=O)c3ccccc3)c2)s1. The third-order valence-corrected chi connectivity index (χ3v) is 5.95. The van der Waals surface area contributed by atoms with E-state index in [4.69, 9.17) is 4.98 Å². The second-order valence-electron chi connectivity index (χ2n) is 6.85. The Morgan fingerprint density at radius 2 is 1.87 bits per heavy atom. The standard InChI is InChI=1S/C24H20FN3OS/c1-3-21-28-22(17-9-10-19(25)15(2)13-17)23(30-21)18-11-12-26-20(14-18)27-24(29)16-7-5-4-6-8-16/h4-14H,3H2,1-2H3,(H,26,27,29). The van der Waals surface area contributed by atoms with Crippen molar-refractivity contribution in [3.8, 4) is 21.7 Å². The normalized spacial score (nSPS) is 10.8. The van der Waals surface area contributed by atoms with E-state index in [0.717, 1.165) is 33.1 Å². The molecule has 4 aromatic rings. The molecule has 0 aliphatic heterocycles. The maximum absolute atomic E-state index is 13.8. The molecule has 0 aliphatic carbocycles. The van der Waals surface area contributed by atoms with E-state index < -0.39 is 0 Å². The summed E-state index contributed by atoms with van der Waals surface area (Å²) in [5.74, 6) is 0.0169. The molecule has 0 aliphatic rings. The molecular formula is C24H20FN3OS. The number of nitrogens with one attached hydrogen (secondary N) is 1. The van der Waals surface area contributed by atoms with Crippen LogP contribution in [0.1, 0.15) is 27.9 Å². The van der Waals surface area contributed by atoms with Crippen LogP contribution >= 0.6 is 11.3 Å². The van der Waals surface area contributed by atoms with Crippen molar-refractivity contribution in [1.29, 1.82) is 0 Å². The second kappa shape index (κ2) is 8.55. The molecule has 6 heteroatoms. The molecule has 4 rings (SSSR count). The molecule has 2 aromatic heterocycles. The minimum Gasteiger partial charge on any atom is -0.307 e. The van der Waals surface area contributed by atoms with Crippen molar-refractivity contribution in [3.63, 3.8) is 0 Å². The summed E-state index contributed by atoms with van der Waals surface area (Å²) in [7, 11) is 0. The lowest BCUT2D eigenvalue weighted by molar-refractivity contribution is 0.102. The Morgan fingerprint density at radius 3 is 2.60 bits per heavy atom. The summed E-state index contributed by atoms with van der Waals surface area (Å²) in [5, 5.41) is 3.84. The predicted molar refractivity (Wildman–Crippen MR) is 119 cm³/mol. The van der Waals surface area contributed by atoms with Crippen LogP contribution in [0.25, 0.3) is 21.7 Å². The van der Waals surface area contributed by atoms with Crippen molar-refractivity contribution in [2.45, 2.75) is 20.3 Å². The van der Waals surface area contributed by atoms with Crippen LogP contribution in [0.4, 0.5) is 10.2 Å². The van der Waals surface area contributed by atoms with Crippen LogP contribution < -0.4 is 5.32 Å². The van der Waals surface area contributed by atoms with Gasteiger partial charge in [0, 0.05) is 17.3 Å². The van der Waals surface area contributed by atoms with Gasteiger partial charge in [-0.15, -0.1) is 11.3 Å². The van der Waals surface area contributed by atoms with Crippen LogP contribution in [0.15, 0.2) is 66.9 Å². The monoisotopic (exact) mass is 417 g/mol. The van der Waals surface area contributed by atoms with Crippen molar-refractivity contribution in [1.82, 2.24) is 9.97 Å². The number of halogens is 1. The van der Waals surface area contributed by atoms with Crippen LogP contribution in [0, 0.1) is 12.7 Å². The Labute approximate surface area is 178 Å². The third kappa shape index (κ3) is 4.14. The Balaban J connectivity index is 1.70. The highest BCUT2D eigenvalue weighted by Crippen LogP contribution is 2.38. The van der Waals surface area contributed by atoms with Gasteiger partial charge in [-0.3, -0.25) is 4.79 Å². The average molecular weight is 418 g/mol. The van der Waals surface area contributed by atoms with E-state index in [1.165, 1.54) is 6.07 Å². The third-order valence-electron chi connectivity index (χ3n) is 4.70. The number of rotatable bonds is 5. The first-order valence-electron chi connectivity index (χ1n) is 9.64. The molecule has 1 N–H and O–H groups in total. The lowest BCUT2D eigenvalue weighted by Gasteiger charge is -2.08. The zero-order valence-electron chi connectivity index (χ0n) is 16.6. The number of thiazole rings is 1. The van der Waals surface area contributed by atoms with Gasteiger partial charge in [-0.25, -0.2) is 14.4 Å². The van der Waals surface area contributed by atoms with E-state index in [-0.39, 0.29) is 11.7 Å². The molecule has 30 heavy (non-hydrogen) atoms. The Kier molecular flexibility index (Phi) is 5.68. The lowest BCUT2D eigenvalue weighted by atomic mass is 10.0. The molecular weight excluding hydrogens is 397 g/mol. The van der Waals surface area contributed by atoms with Crippen molar-refractivity contribution in [2.75, 3.05) is 5.32 Å². The number of carbonyl (C=O) groups excluding carboxylic acids is 1. The van der Waals surface area contributed by atoms with Crippen molar-refractivity contribution < 1.29 is 9.18 Å². The minimum atomic E-state index is -0.235. The number of benzene rings is 2. The van der Waals surface area contributed by atoms with Gasteiger partial charge in [0.15, 0.2) is 0 Å². The summed E-state index contributed by atoms with van der Waals surface area (Å²) in [4.78, 5) is 22.5. The molecule has 1 amide bonds. The first-order chi connectivity index (χ1) is 14.5. The second-order valence-corrected chi connectivity index (χ2v) is 7.94. The zero-order chi connectivity index (χ0) is 21.1. The van der Waals surface area contributed by atoms with Gasteiger partial charge in [0.05, 0.1) is 15.6 Å². The molecule has 0 atom stereocenters. The quantitative estimate of drug-likeness (QED) is 0.425. The van der Waals surface area contributed by atoms with Gasteiger partial charge in [0.2, 0.25) is 0 Å². The van der Waals surface area contributed by atoms with E-state index in [9.17, 15) is 9.18 Å². The van der Waals surface area contributed by atoms with Gasteiger partial charge < -0.3 is 5.32 Å². The number of aryl methyl sites for hydroxylation is 2. The van der Waals surface area contributed by atoms with Crippen molar-refractivity contribution in [2.24, 2.45) is 0 Å². The van der Waals surface area contributed by atoms with Gasteiger partial charge in [-0.2, -0.15) is 0 Å². The highest BCUT2D eigenvalue weighted by molar-refractivity contribution is 7.15. The highest BCUT2D eigenvalue weighted by Gasteiger charge is 2.16. The van der Waals surface area contributed by atoms with Crippen LogP contribution in [-0.2, 0) is 6.42 Å². The summed E-state index contributed by atoms with van der Waals surface area (Å²) in [6, 6.07) is 17.8. The first kappa shape index (κ1) is 19.9. The molecule has 2 aromatic carbocycles. The number of amides is 1. The summed E-state index contributed by atoms with van der Waals surface area (Å²) in [5.41, 5.74) is 3.73. The fraction of sp³-hybridized carbons (Fsp3) is 0.125. The molecule has 0 spiro atoms.